The average Bonchev–Trinajstić information content (AvgIpc) is 2.66. The van der Waals surface area contributed by atoms with Gasteiger partial charge in [-0.1, -0.05) is 12.1 Å². The van der Waals surface area contributed by atoms with Crippen molar-refractivity contribution in [1.82, 2.24) is 15.4 Å². The SMILES string of the molecule is C/C(=N\NC(=S)Nc1ccccn1)c1ccccn1.O=[N+]([O-])[O-].O=[N+]([O-])[O-].O=[N+]([O-])[O-].[Bi+3]. The van der Waals surface area contributed by atoms with Gasteiger partial charge >= 0.3 is 26.2 Å². The molecule has 0 spiro atoms. The topological polar surface area (TPSA) is 261 Å². The van der Waals surface area contributed by atoms with Crippen LogP contribution >= 0.6 is 12.2 Å². The normalized spacial score (nSPS) is 8.72. The molecule has 2 heterocycles. The first-order valence-corrected chi connectivity index (χ1v) is 7.74. The number of hydrogen-bond donors (Lipinski definition) is 2. The van der Waals surface area contributed by atoms with Crippen molar-refractivity contribution in [2.24, 2.45) is 5.10 Å². The second-order valence-electron chi connectivity index (χ2n) is 4.36. The molecule has 2 N–H and O–H groups in total. The van der Waals surface area contributed by atoms with Crippen LogP contribution in [0.25, 0.3) is 0 Å². The predicted molar refractivity (Wildman–Crippen MR) is 117 cm³/mol. The van der Waals surface area contributed by atoms with Crippen molar-refractivity contribution < 1.29 is 15.3 Å². The fraction of sp³-hybridized carbons (Fsp3) is 0.0769. The molecule has 0 saturated heterocycles. The van der Waals surface area contributed by atoms with Crippen LogP contribution in [-0.2, 0) is 0 Å². The van der Waals surface area contributed by atoms with E-state index in [0.29, 0.717) is 10.9 Å². The van der Waals surface area contributed by atoms with E-state index in [1.165, 1.54) is 0 Å². The van der Waals surface area contributed by atoms with Crippen molar-refractivity contribution in [1.29, 1.82) is 0 Å². The molecule has 2 rings (SSSR count). The van der Waals surface area contributed by atoms with Crippen LogP contribution in [0.15, 0.2) is 53.9 Å². The minimum atomic E-state index is -1.75. The summed E-state index contributed by atoms with van der Waals surface area (Å²) in [4.78, 5) is 33.0. The molecule has 2 aromatic rings. The van der Waals surface area contributed by atoms with Gasteiger partial charge in [-0.05, 0) is 43.4 Å². The van der Waals surface area contributed by atoms with E-state index in [2.05, 4.69) is 25.8 Å². The largest absolute Gasteiger partial charge is 3.00 e. The molecule has 0 bridgehead atoms. The van der Waals surface area contributed by atoms with Crippen LogP contribution in [0.2, 0.25) is 0 Å². The number of rotatable bonds is 3. The van der Waals surface area contributed by atoms with Crippen LogP contribution in [-0.4, -0.2) is 62.3 Å². The van der Waals surface area contributed by atoms with Crippen LogP contribution in [0.4, 0.5) is 5.82 Å². The summed E-state index contributed by atoms with van der Waals surface area (Å²) in [5.74, 6) is 0.672. The summed E-state index contributed by atoms with van der Waals surface area (Å²) in [6.07, 6.45) is 3.41. The smallest absolute Gasteiger partial charge is 0.356 e. The van der Waals surface area contributed by atoms with Crippen LogP contribution in [0.5, 0.6) is 0 Å². The van der Waals surface area contributed by atoms with Crippen molar-refractivity contribution in [2.75, 3.05) is 5.32 Å². The van der Waals surface area contributed by atoms with E-state index in [1.54, 1.807) is 12.4 Å². The summed E-state index contributed by atoms with van der Waals surface area (Å²) in [5, 5.41) is 51.7. The first-order valence-electron chi connectivity index (χ1n) is 7.34. The Balaban J connectivity index is -0.000000539. The summed E-state index contributed by atoms with van der Waals surface area (Å²) >= 11 is 5.11. The Bertz CT molecular complexity index is 820. The molecule has 170 valence electrons. The molecular weight excluding hydrogens is 653 g/mol. The Kier molecular flexibility index (Phi) is 20.9. The van der Waals surface area contributed by atoms with Gasteiger partial charge in [0.2, 0.25) is 0 Å². The third-order valence-corrected chi connectivity index (χ3v) is 2.46. The Morgan fingerprint density at radius 3 is 1.69 bits per heavy atom. The second-order valence-corrected chi connectivity index (χ2v) is 4.77. The number of nitrogens with zero attached hydrogens (tertiary/aromatic N) is 6. The minimum Gasteiger partial charge on any atom is -0.356 e. The third-order valence-electron chi connectivity index (χ3n) is 2.27. The third kappa shape index (κ3) is 26.1. The monoisotopic (exact) mass is 666 g/mol. The van der Waals surface area contributed by atoms with Gasteiger partial charge in [0.25, 0.3) is 0 Å². The Morgan fingerprint density at radius 2 is 1.31 bits per heavy atom. The molecule has 0 fully saturated rings. The van der Waals surface area contributed by atoms with Gasteiger partial charge in [0.15, 0.2) is 5.11 Å². The van der Waals surface area contributed by atoms with Gasteiger partial charge in [-0.25, -0.2) is 4.98 Å². The molecule has 0 unspecified atom stereocenters. The van der Waals surface area contributed by atoms with E-state index >= 15 is 0 Å². The predicted octanol–water partition coefficient (Wildman–Crippen LogP) is 1.09. The van der Waals surface area contributed by atoms with Crippen molar-refractivity contribution in [3.63, 3.8) is 0 Å². The number of nitrogens with one attached hydrogen (secondary N) is 2. The molecule has 19 heteroatoms. The van der Waals surface area contributed by atoms with E-state index in [-0.39, 0.29) is 26.2 Å². The summed E-state index contributed by atoms with van der Waals surface area (Å²) < 4.78 is 0. The number of hydrogen-bond acceptors (Lipinski definition) is 13. The molecule has 0 amide bonds. The van der Waals surface area contributed by atoms with Crippen molar-refractivity contribution in [3.05, 3.63) is 100 Å². The molecule has 2 aromatic heterocycles. The molecular formula is C13H13BiN8O9S. The standard InChI is InChI=1S/C13H13N5S.Bi.3NO3/c1-10(11-6-2-4-8-14-11)17-18-13(19)16-12-7-3-5-9-15-12;;3*2-1(3)4/h2-9H,1H3,(H2,15,16,18,19);;;;/q;+3;3*-1/b17-10+;;;;. The minimum absolute atomic E-state index is 0. The Hall–Kier alpha value is -3.86. The molecule has 2 radical (unpaired) electrons. The zero-order valence-electron chi connectivity index (χ0n) is 15.8. The maximum absolute atomic E-state index is 8.25. The van der Waals surface area contributed by atoms with Gasteiger partial charge < -0.3 is 51.3 Å². The van der Waals surface area contributed by atoms with Crippen molar-refractivity contribution >= 4 is 55.1 Å². The van der Waals surface area contributed by atoms with E-state index in [1.807, 2.05) is 43.3 Å². The number of anilines is 1. The molecule has 17 nitrogen and oxygen atoms in total. The molecule has 32 heavy (non-hydrogen) atoms. The van der Waals surface area contributed by atoms with E-state index in [0.717, 1.165) is 11.4 Å². The van der Waals surface area contributed by atoms with Crippen LogP contribution in [0.3, 0.4) is 0 Å². The molecule has 0 atom stereocenters. The summed E-state index contributed by atoms with van der Waals surface area (Å²) in [5.41, 5.74) is 4.31. The van der Waals surface area contributed by atoms with Gasteiger partial charge in [-0.2, -0.15) is 5.10 Å². The van der Waals surface area contributed by atoms with E-state index < -0.39 is 15.3 Å². The zero-order valence-corrected chi connectivity index (χ0v) is 20.1. The van der Waals surface area contributed by atoms with Gasteiger partial charge in [0, 0.05) is 12.4 Å². The maximum Gasteiger partial charge on any atom is 3.00 e. The number of thiocarbonyl (C=S) groups is 1. The van der Waals surface area contributed by atoms with Gasteiger partial charge in [0.05, 0.1) is 26.7 Å². The fourth-order valence-electron chi connectivity index (χ4n) is 1.35. The Morgan fingerprint density at radius 1 is 0.875 bits per heavy atom. The van der Waals surface area contributed by atoms with Gasteiger partial charge in [-0.3, -0.25) is 10.4 Å². The van der Waals surface area contributed by atoms with Gasteiger partial charge in [0.1, 0.15) is 5.82 Å². The first kappa shape index (κ1) is 32.8. The van der Waals surface area contributed by atoms with Crippen LogP contribution in [0.1, 0.15) is 12.6 Å². The van der Waals surface area contributed by atoms with Crippen molar-refractivity contribution in [3.8, 4) is 0 Å². The molecule has 0 aliphatic rings. The average molecular weight is 666 g/mol. The maximum atomic E-state index is 8.25. The quantitative estimate of drug-likeness (QED) is 0.153. The van der Waals surface area contributed by atoms with Crippen molar-refractivity contribution in [2.45, 2.75) is 6.92 Å². The summed E-state index contributed by atoms with van der Waals surface area (Å²) in [6, 6.07) is 11.2. The number of pyridine rings is 2. The molecule has 0 saturated carbocycles. The molecule has 0 aromatic carbocycles. The molecule has 0 aliphatic heterocycles. The van der Waals surface area contributed by atoms with E-state index in [4.69, 9.17) is 58.2 Å². The number of aromatic nitrogens is 2. The van der Waals surface area contributed by atoms with Crippen LogP contribution in [0, 0.1) is 46.0 Å². The Labute approximate surface area is 203 Å². The summed E-state index contributed by atoms with van der Waals surface area (Å²) in [7, 11) is 0. The first-order chi connectivity index (χ1) is 14.5. The second kappa shape index (κ2) is 20.4. The zero-order chi connectivity index (χ0) is 24.2. The molecule has 0 aliphatic carbocycles. The van der Waals surface area contributed by atoms with E-state index in [9.17, 15) is 0 Å². The fourth-order valence-corrected chi connectivity index (χ4v) is 1.50. The summed E-state index contributed by atoms with van der Waals surface area (Å²) in [6.45, 7) is 1.86. The van der Waals surface area contributed by atoms with Crippen LogP contribution < -0.4 is 10.7 Å². The number of hydrazone groups is 1. The van der Waals surface area contributed by atoms with Gasteiger partial charge in [-0.15, -0.1) is 0 Å².